The number of aromatic nitrogens is 2. The summed E-state index contributed by atoms with van der Waals surface area (Å²) in [5, 5.41) is 8.52. The minimum atomic E-state index is 0.440. The third kappa shape index (κ3) is 2.72. The Morgan fingerprint density at radius 2 is 1.85 bits per heavy atom. The topological polar surface area (TPSA) is 29.9 Å². The molecule has 0 radical (unpaired) electrons. The lowest BCUT2D eigenvalue weighted by molar-refractivity contribution is 0.303. The van der Waals surface area contributed by atoms with Crippen molar-refractivity contribution in [2.24, 2.45) is 11.8 Å². The lowest BCUT2D eigenvalue weighted by Gasteiger charge is -2.30. The zero-order valence-corrected chi connectivity index (χ0v) is 13.4. The quantitative estimate of drug-likeness (QED) is 0.879. The summed E-state index contributed by atoms with van der Waals surface area (Å²) in [5.41, 5.74) is 3.75. The van der Waals surface area contributed by atoms with Gasteiger partial charge in [-0.1, -0.05) is 12.8 Å². The molecule has 0 aromatic carbocycles. The van der Waals surface area contributed by atoms with Crippen molar-refractivity contribution in [3.63, 3.8) is 0 Å². The van der Waals surface area contributed by atoms with Gasteiger partial charge < -0.3 is 5.32 Å². The van der Waals surface area contributed by atoms with Gasteiger partial charge in [0.15, 0.2) is 0 Å². The van der Waals surface area contributed by atoms with Crippen LogP contribution in [0.4, 0.5) is 5.69 Å². The van der Waals surface area contributed by atoms with E-state index in [1.54, 1.807) is 0 Å². The number of nitrogens with one attached hydrogen (secondary N) is 1. The van der Waals surface area contributed by atoms with Crippen LogP contribution in [0.15, 0.2) is 0 Å². The van der Waals surface area contributed by atoms with E-state index in [0.29, 0.717) is 12.1 Å². The van der Waals surface area contributed by atoms with Crippen LogP contribution in [0.3, 0.4) is 0 Å². The Hall–Kier alpha value is -0.990. The molecule has 3 rings (SSSR count). The second kappa shape index (κ2) is 5.42. The van der Waals surface area contributed by atoms with Gasteiger partial charge in [0.1, 0.15) is 0 Å². The molecule has 0 spiro atoms. The van der Waals surface area contributed by atoms with Crippen molar-refractivity contribution < 1.29 is 0 Å². The Bertz CT molecular complexity index is 471. The van der Waals surface area contributed by atoms with E-state index in [4.69, 9.17) is 5.10 Å². The summed E-state index contributed by atoms with van der Waals surface area (Å²) >= 11 is 0. The van der Waals surface area contributed by atoms with E-state index in [9.17, 15) is 0 Å². The van der Waals surface area contributed by atoms with Gasteiger partial charge in [-0.15, -0.1) is 0 Å². The van der Waals surface area contributed by atoms with E-state index < -0.39 is 0 Å². The summed E-state index contributed by atoms with van der Waals surface area (Å²) < 4.78 is 2.15. The summed E-state index contributed by atoms with van der Waals surface area (Å²) in [4.78, 5) is 0. The molecule has 2 unspecified atom stereocenters. The maximum Gasteiger partial charge on any atom is 0.0828 e. The van der Waals surface area contributed by atoms with Crippen molar-refractivity contribution in [2.45, 2.75) is 78.3 Å². The minimum absolute atomic E-state index is 0.440. The Kier molecular flexibility index (Phi) is 3.78. The van der Waals surface area contributed by atoms with Crippen molar-refractivity contribution in [2.75, 3.05) is 5.32 Å². The van der Waals surface area contributed by atoms with Crippen LogP contribution < -0.4 is 5.32 Å². The fourth-order valence-corrected chi connectivity index (χ4v) is 3.93. The summed E-state index contributed by atoms with van der Waals surface area (Å²) in [7, 11) is 0. The fourth-order valence-electron chi connectivity index (χ4n) is 3.93. The first-order valence-corrected chi connectivity index (χ1v) is 8.38. The highest BCUT2D eigenvalue weighted by atomic mass is 15.3. The Balaban J connectivity index is 1.70. The fraction of sp³-hybridized carbons (Fsp3) is 0.824. The molecule has 112 valence electrons. The third-order valence-electron chi connectivity index (χ3n) is 5.17. The van der Waals surface area contributed by atoms with Gasteiger partial charge in [-0.05, 0) is 65.2 Å². The molecule has 2 aliphatic carbocycles. The average molecular weight is 275 g/mol. The summed E-state index contributed by atoms with van der Waals surface area (Å²) in [5.74, 6) is 2.04. The van der Waals surface area contributed by atoms with Crippen LogP contribution in [0.5, 0.6) is 0 Å². The normalized spacial score (nSPS) is 27.1. The van der Waals surface area contributed by atoms with Gasteiger partial charge in [-0.3, -0.25) is 4.68 Å². The second-order valence-corrected chi connectivity index (χ2v) is 7.19. The Morgan fingerprint density at radius 3 is 2.45 bits per heavy atom. The summed E-state index contributed by atoms with van der Waals surface area (Å²) in [6.07, 6.45) is 8.54. The standard InChI is InChI=1S/C17H29N3/c1-11(2)20-13(4)17(12(3)19-20)18-16-7-5-6-15(10-16)14-8-9-14/h11,14-16,18H,5-10H2,1-4H3. The van der Waals surface area contributed by atoms with Crippen molar-refractivity contribution in [3.05, 3.63) is 11.4 Å². The molecular weight excluding hydrogens is 246 g/mol. The van der Waals surface area contributed by atoms with Crippen LogP contribution in [-0.4, -0.2) is 15.8 Å². The zero-order chi connectivity index (χ0) is 14.3. The van der Waals surface area contributed by atoms with Crippen molar-refractivity contribution >= 4 is 5.69 Å². The van der Waals surface area contributed by atoms with Gasteiger partial charge in [0.05, 0.1) is 17.1 Å². The SMILES string of the molecule is Cc1nn(C(C)C)c(C)c1NC1CCCC(C2CC2)C1. The maximum absolute atomic E-state index is 4.70. The zero-order valence-electron chi connectivity index (χ0n) is 13.4. The number of nitrogens with zero attached hydrogens (tertiary/aromatic N) is 2. The van der Waals surface area contributed by atoms with Crippen LogP contribution in [0.2, 0.25) is 0 Å². The van der Waals surface area contributed by atoms with Crippen molar-refractivity contribution in [1.29, 1.82) is 0 Å². The smallest absolute Gasteiger partial charge is 0.0828 e. The second-order valence-electron chi connectivity index (χ2n) is 7.19. The molecule has 3 heteroatoms. The van der Waals surface area contributed by atoms with Gasteiger partial charge in [-0.25, -0.2) is 0 Å². The Morgan fingerprint density at radius 1 is 1.10 bits per heavy atom. The van der Waals surface area contributed by atoms with Crippen molar-refractivity contribution in [3.8, 4) is 0 Å². The van der Waals surface area contributed by atoms with Gasteiger partial charge in [0, 0.05) is 12.1 Å². The number of anilines is 1. The summed E-state index contributed by atoms with van der Waals surface area (Å²) in [6, 6.07) is 1.10. The number of hydrogen-bond acceptors (Lipinski definition) is 2. The lowest BCUT2D eigenvalue weighted by atomic mass is 9.82. The number of aryl methyl sites for hydroxylation is 1. The lowest BCUT2D eigenvalue weighted by Crippen LogP contribution is -2.28. The molecule has 3 nitrogen and oxygen atoms in total. The molecular formula is C17H29N3. The third-order valence-corrected chi connectivity index (χ3v) is 5.17. The molecule has 1 aromatic rings. The van der Waals surface area contributed by atoms with Crippen LogP contribution in [0.1, 0.15) is 69.8 Å². The summed E-state index contributed by atoms with van der Waals surface area (Å²) in [6.45, 7) is 8.73. The first-order chi connectivity index (χ1) is 9.56. The van der Waals surface area contributed by atoms with Gasteiger partial charge in [-0.2, -0.15) is 5.10 Å². The highest BCUT2D eigenvalue weighted by Gasteiger charge is 2.35. The van der Waals surface area contributed by atoms with Crippen LogP contribution in [0.25, 0.3) is 0 Å². The largest absolute Gasteiger partial charge is 0.379 e. The minimum Gasteiger partial charge on any atom is -0.379 e. The van der Waals surface area contributed by atoms with Crippen molar-refractivity contribution in [1.82, 2.24) is 9.78 Å². The predicted molar refractivity (Wildman–Crippen MR) is 84.2 cm³/mol. The first-order valence-electron chi connectivity index (χ1n) is 8.38. The van der Waals surface area contributed by atoms with E-state index >= 15 is 0 Å². The van der Waals surface area contributed by atoms with E-state index in [1.165, 1.54) is 49.9 Å². The molecule has 1 aromatic heterocycles. The van der Waals surface area contributed by atoms with Crippen LogP contribution >= 0.6 is 0 Å². The van der Waals surface area contributed by atoms with Gasteiger partial charge in [0.25, 0.3) is 0 Å². The molecule has 2 fully saturated rings. The van der Waals surface area contributed by atoms with Crippen LogP contribution in [-0.2, 0) is 0 Å². The van der Waals surface area contributed by atoms with Crippen LogP contribution in [0, 0.1) is 25.7 Å². The molecule has 1 heterocycles. The van der Waals surface area contributed by atoms with E-state index in [1.807, 2.05) is 0 Å². The number of hydrogen-bond donors (Lipinski definition) is 1. The number of rotatable bonds is 4. The maximum atomic E-state index is 4.70. The molecule has 0 bridgehead atoms. The van der Waals surface area contributed by atoms with Gasteiger partial charge in [0.2, 0.25) is 0 Å². The highest BCUT2D eigenvalue weighted by Crippen LogP contribution is 2.44. The molecule has 2 saturated carbocycles. The highest BCUT2D eigenvalue weighted by molar-refractivity contribution is 5.53. The Labute approximate surface area is 123 Å². The molecule has 0 amide bonds. The molecule has 0 saturated heterocycles. The molecule has 20 heavy (non-hydrogen) atoms. The van der Waals surface area contributed by atoms with E-state index in [2.05, 4.69) is 37.7 Å². The molecule has 1 N–H and O–H groups in total. The first kappa shape index (κ1) is 14.0. The predicted octanol–water partition coefficient (Wildman–Crippen LogP) is 4.46. The molecule has 0 aliphatic heterocycles. The monoisotopic (exact) mass is 275 g/mol. The van der Waals surface area contributed by atoms with Gasteiger partial charge >= 0.3 is 0 Å². The molecule has 2 atom stereocenters. The molecule has 2 aliphatic rings. The van der Waals surface area contributed by atoms with E-state index in [0.717, 1.165) is 17.5 Å². The van der Waals surface area contributed by atoms with E-state index in [-0.39, 0.29) is 0 Å². The average Bonchev–Trinajstić information content (AvgIpc) is 3.22.